The third-order valence-electron chi connectivity index (χ3n) is 3.47. The summed E-state index contributed by atoms with van der Waals surface area (Å²) in [7, 11) is 0. The Bertz CT molecular complexity index is 715. The molecule has 0 N–H and O–H groups in total. The van der Waals surface area contributed by atoms with Crippen molar-refractivity contribution >= 4 is 11.5 Å². The molecule has 5 heteroatoms. The molecule has 0 aliphatic rings. The second kappa shape index (κ2) is 6.60. The maximum absolute atomic E-state index is 12.1. The lowest BCUT2D eigenvalue weighted by Crippen LogP contribution is -2.14. The first-order valence-corrected chi connectivity index (χ1v) is 7.28. The lowest BCUT2D eigenvalue weighted by molar-refractivity contribution is -0.384. The SMILES string of the molecule is CC(C)(C)c1ccc(C(=O)COc2cccc([N+](=O)[O-])c2)cc1. The number of carbonyl (C=O) groups is 1. The number of Topliss-reactive ketones (excluding diaryl/α,β-unsaturated/α-hetero) is 1. The van der Waals surface area contributed by atoms with Gasteiger partial charge < -0.3 is 4.74 Å². The standard InChI is InChI=1S/C18H19NO4/c1-18(2,3)14-9-7-13(8-10-14)17(20)12-23-16-6-4-5-15(11-16)19(21)22/h4-11H,12H2,1-3H3. The van der Waals surface area contributed by atoms with E-state index in [1.54, 1.807) is 18.2 Å². The third-order valence-corrected chi connectivity index (χ3v) is 3.47. The van der Waals surface area contributed by atoms with Crippen LogP contribution in [0.4, 0.5) is 5.69 Å². The second-order valence-corrected chi connectivity index (χ2v) is 6.29. The van der Waals surface area contributed by atoms with Crippen LogP contribution in [0, 0.1) is 10.1 Å². The molecule has 0 aliphatic carbocycles. The van der Waals surface area contributed by atoms with Gasteiger partial charge >= 0.3 is 0 Å². The topological polar surface area (TPSA) is 69.4 Å². The van der Waals surface area contributed by atoms with E-state index in [0.29, 0.717) is 11.3 Å². The van der Waals surface area contributed by atoms with Crippen LogP contribution >= 0.6 is 0 Å². The Balaban J connectivity index is 2.02. The Morgan fingerprint density at radius 1 is 1.13 bits per heavy atom. The van der Waals surface area contributed by atoms with E-state index < -0.39 is 4.92 Å². The average Bonchev–Trinajstić information content (AvgIpc) is 2.52. The molecule has 23 heavy (non-hydrogen) atoms. The highest BCUT2D eigenvalue weighted by molar-refractivity contribution is 5.97. The van der Waals surface area contributed by atoms with Crippen molar-refractivity contribution in [1.29, 1.82) is 0 Å². The number of nitrogens with zero attached hydrogens (tertiary/aromatic N) is 1. The van der Waals surface area contributed by atoms with Crippen LogP contribution in [0.25, 0.3) is 0 Å². The van der Waals surface area contributed by atoms with Crippen molar-refractivity contribution in [3.63, 3.8) is 0 Å². The lowest BCUT2D eigenvalue weighted by atomic mass is 9.86. The molecule has 0 heterocycles. The van der Waals surface area contributed by atoms with E-state index >= 15 is 0 Å². The fourth-order valence-corrected chi connectivity index (χ4v) is 2.08. The minimum Gasteiger partial charge on any atom is -0.485 e. The Labute approximate surface area is 135 Å². The van der Waals surface area contributed by atoms with Gasteiger partial charge in [0.2, 0.25) is 0 Å². The summed E-state index contributed by atoms with van der Waals surface area (Å²) in [5.74, 6) is 0.135. The molecule has 2 aromatic carbocycles. The number of non-ortho nitro benzene ring substituents is 1. The van der Waals surface area contributed by atoms with Crippen LogP contribution in [0.2, 0.25) is 0 Å². The van der Waals surface area contributed by atoms with Crippen molar-refractivity contribution in [3.05, 3.63) is 69.8 Å². The fourth-order valence-electron chi connectivity index (χ4n) is 2.08. The molecular formula is C18H19NO4. The molecule has 2 aromatic rings. The molecule has 0 atom stereocenters. The fraction of sp³-hybridized carbons (Fsp3) is 0.278. The van der Waals surface area contributed by atoms with E-state index in [1.165, 1.54) is 18.2 Å². The van der Waals surface area contributed by atoms with E-state index in [2.05, 4.69) is 20.8 Å². The number of carbonyl (C=O) groups excluding carboxylic acids is 1. The highest BCUT2D eigenvalue weighted by Gasteiger charge is 2.15. The highest BCUT2D eigenvalue weighted by atomic mass is 16.6. The molecule has 0 amide bonds. The molecule has 0 aromatic heterocycles. The van der Waals surface area contributed by atoms with Crippen LogP contribution in [-0.2, 0) is 5.41 Å². The Kier molecular flexibility index (Phi) is 4.79. The van der Waals surface area contributed by atoms with Crippen molar-refractivity contribution in [2.45, 2.75) is 26.2 Å². The summed E-state index contributed by atoms with van der Waals surface area (Å²) in [6.07, 6.45) is 0. The monoisotopic (exact) mass is 313 g/mol. The van der Waals surface area contributed by atoms with Gasteiger partial charge in [-0.1, -0.05) is 51.1 Å². The van der Waals surface area contributed by atoms with Crippen LogP contribution in [0.5, 0.6) is 5.75 Å². The number of benzene rings is 2. The molecule has 0 fully saturated rings. The summed E-state index contributed by atoms with van der Waals surface area (Å²) >= 11 is 0. The van der Waals surface area contributed by atoms with Crippen molar-refractivity contribution in [3.8, 4) is 5.75 Å². The first-order chi connectivity index (χ1) is 10.8. The average molecular weight is 313 g/mol. The summed E-state index contributed by atoms with van der Waals surface area (Å²) in [4.78, 5) is 22.3. The number of rotatable bonds is 5. The number of nitro benzene ring substituents is 1. The lowest BCUT2D eigenvalue weighted by Gasteiger charge is -2.19. The second-order valence-electron chi connectivity index (χ2n) is 6.29. The zero-order chi connectivity index (χ0) is 17.0. The molecule has 2 rings (SSSR count). The van der Waals surface area contributed by atoms with E-state index in [-0.39, 0.29) is 23.5 Å². The van der Waals surface area contributed by atoms with Crippen molar-refractivity contribution < 1.29 is 14.5 Å². The molecule has 0 aliphatic heterocycles. The summed E-state index contributed by atoms with van der Waals surface area (Å²) in [5, 5.41) is 10.7. The van der Waals surface area contributed by atoms with Gasteiger partial charge in [0, 0.05) is 11.6 Å². The third kappa shape index (κ3) is 4.39. The van der Waals surface area contributed by atoms with E-state index in [0.717, 1.165) is 5.56 Å². The van der Waals surface area contributed by atoms with E-state index in [4.69, 9.17) is 4.74 Å². The maximum atomic E-state index is 12.1. The number of ether oxygens (including phenoxy) is 1. The van der Waals surface area contributed by atoms with Crippen molar-refractivity contribution in [2.24, 2.45) is 0 Å². The first-order valence-electron chi connectivity index (χ1n) is 7.28. The molecule has 0 spiro atoms. The van der Waals surface area contributed by atoms with Gasteiger partial charge in [-0.3, -0.25) is 14.9 Å². The van der Waals surface area contributed by atoms with Crippen LogP contribution in [-0.4, -0.2) is 17.3 Å². The molecule has 0 radical (unpaired) electrons. The molecule has 120 valence electrons. The zero-order valence-electron chi connectivity index (χ0n) is 13.4. The molecule has 0 unspecified atom stereocenters. The number of hydrogen-bond acceptors (Lipinski definition) is 4. The Morgan fingerprint density at radius 2 is 1.78 bits per heavy atom. The van der Waals surface area contributed by atoms with Gasteiger partial charge in [0.25, 0.3) is 5.69 Å². The zero-order valence-corrected chi connectivity index (χ0v) is 13.4. The van der Waals surface area contributed by atoms with Gasteiger partial charge in [-0.05, 0) is 17.0 Å². The minimum atomic E-state index is -0.500. The van der Waals surface area contributed by atoms with Crippen LogP contribution in [0.15, 0.2) is 48.5 Å². The molecule has 5 nitrogen and oxygen atoms in total. The largest absolute Gasteiger partial charge is 0.485 e. The van der Waals surface area contributed by atoms with E-state index in [1.807, 2.05) is 12.1 Å². The van der Waals surface area contributed by atoms with Gasteiger partial charge in [0.1, 0.15) is 5.75 Å². The van der Waals surface area contributed by atoms with Gasteiger partial charge in [-0.25, -0.2) is 0 Å². The van der Waals surface area contributed by atoms with Crippen LogP contribution < -0.4 is 4.74 Å². The molecule has 0 bridgehead atoms. The van der Waals surface area contributed by atoms with Crippen LogP contribution in [0.3, 0.4) is 0 Å². The molecule has 0 saturated carbocycles. The van der Waals surface area contributed by atoms with Crippen molar-refractivity contribution in [2.75, 3.05) is 6.61 Å². The van der Waals surface area contributed by atoms with E-state index in [9.17, 15) is 14.9 Å². The Hall–Kier alpha value is -2.69. The highest BCUT2D eigenvalue weighted by Crippen LogP contribution is 2.23. The predicted octanol–water partition coefficient (Wildman–Crippen LogP) is 4.15. The Morgan fingerprint density at radius 3 is 2.35 bits per heavy atom. The first kappa shape index (κ1) is 16.7. The normalized spacial score (nSPS) is 11.1. The summed E-state index contributed by atoms with van der Waals surface area (Å²) in [6, 6.07) is 13.2. The molecular weight excluding hydrogens is 294 g/mol. The van der Waals surface area contributed by atoms with Gasteiger partial charge in [-0.15, -0.1) is 0 Å². The smallest absolute Gasteiger partial charge is 0.273 e. The summed E-state index contributed by atoms with van der Waals surface area (Å²) in [5.41, 5.74) is 1.67. The quantitative estimate of drug-likeness (QED) is 0.472. The van der Waals surface area contributed by atoms with Gasteiger partial charge in [-0.2, -0.15) is 0 Å². The number of ketones is 1. The minimum absolute atomic E-state index is 0.0288. The number of nitro groups is 1. The number of hydrogen-bond donors (Lipinski definition) is 0. The maximum Gasteiger partial charge on any atom is 0.273 e. The van der Waals surface area contributed by atoms with Crippen molar-refractivity contribution in [1.82, 2.24) is 0 Å². The molecule has 0 saturated heterocycles. The van der Waals surface area contributed by atoms with Crippen LogP contribution in [0.1, 0.15) is 36.7 Å². The summed E-state index contributed by atoms with van der Waals surface area (Å²) < 4.78 is 5.36. The van der Waals surface area contributed by atoms with Gasteiger partial charge in [0.15, 0.2) is 12.4 Å². The summed E-state index contributed by atoms with van der Waals surface area (Å²) in [6.45, 7) is 6.16. The van der Waals surface area contributed by atoms with Gasteiger partial charge in [0.05, 0.1) is 11.0 Å². The predicted molar refractivity (Wildman–Crippen MR) is 88.1 cm³/mol.